The van der Waals surface area contributed by atoms with Gasteiger partial charge < -0.3 is 18.9 Å². The van der Waals surface area contributed by atoms with Gasteiger partial charge in [-0.2, -0.15) is 0 Å². The Balaban J connectivity index is 0.00000304. The number of ether oxygens (including phenoxy) is 4. The molecule has 5 nitrogen and oxygen atoms in total. The molecule has 0 unspecified atom stereocenters. The maximum absolute atomic E-state index is 6.30. The van der Waals surface area contributed by atoms with E-state index in [-0.39, 0.29) is 12.4 Å². The van der Waals surface area contributed by atoms with Crippen LogP contribution in [0.3, 0.4) is 0 Å². The van der Waals surface area contributed by atoms with Gasteiger partial charge in [-0.3, -0.25) is 4.90 Å². The first-order chi connectivity index (χ1) is 17.2. The van der Waals surface area contributed by atoms with E-state index in [0.717, 1.165) is 17.9 Å². The van der Waals surface area contributed by atoms with E-state index in [1.54, 1.807) is 25.6 Å². The summed E-state index contributed by atoms with van der Waals surface area (Å²) in [6, 6.07) is 22.3. The molecular weight excluding hydrogens is 494 g/mol. The van der Waals surface area contributed by atoms with Crippen LogP contribution in [-0.2, 0) is 0 Å². The van der Waals surface area contributed by atoms with Crippen LogP contribution < -0.4 is 18.9 Å². The molecule has 0 amide bonds. The lowest BCUT2D eigenvalue weighted by atomic mass is 10.1. The molecule has 1 saturated heterocycles. The van der Waals surface area contributed by atoms with Crippen LogP contribution in [0.25, 0.3) is 20.5 Å². The van der Waals surface area contributed by atoms with E-state index < -0.39 is 0 Å². The Bertz CT molecular complexity index is 1250. The molecular formula is C29H32ClNO4S. The van der Waals surface area contributed by atoms with Crippen LogP contribution in [-0.4, -0.2) is 45.4 Å². The largest absolute Gasteiger partial charge is 0.493 e. The number of benzene rings is 3. The van der Waals surface area contributed by atoms with Crippen molar-refractivity contribution in [2.75, 3.05) is 40.5 Å². The second kappa shape index (κ2) is 12.3. The highest BCUT2D eigenvalue weighted by Gasteiger charge is 2.15. The molecule has 3 aromatic carbocycles. The maximum atomic E-state index is 6.30. The van der Waals surface area contributed by atoms with Crippen molar-refractivity contribution in [1.29, 1.82) is 0 Å². The fraction of sp³-hybridized carbons (Fsp3) is 0.310. The number of hydrogen-bond acceptors (Lipinski definition) is 6. The third-order valence-electron chi connectivity index (χ3n) is 6.35. The number of rotatable bonds is 9. The molecule has 0 N–H and O–H groups in total. The fourth-order valence-corrected chi connectivity index (χ4v) is 5.51. The summed E-state index contributed by atoms with van der Waals surface area (Å²) in [7, 11) is 3.29. The topological polar surface area (TPSA) is 40.2 Å². The first-order valence-electron chi connectivity index (χ1n) is 12.1. The van der Waals surface area contributed by atoms with Crippen LogP contribution in [0, 0.1) is 0 Å². The highest BCUT2D eigenvalue weighted by atomic mass is 35.5. The van der Waals surface area contributed by atoms with E-state index in [9.17, 15) is 0 Å². The van der Waals surface area contributed by atoms with Gasteiger partial charge in [0.15, 0.2) is 23.0 Å². The summed E-state index contributed by atoms with van der Waals surface area (Å²) in [6.45, 7) is 3.94. The van der Waals surface area contributed by atoms with E-state index >= 15 is 0 Å². The van der Waals surface area contributed by atoms with Crippen molar-refractivity contribution in [3.63, 3.8) is 0 Å². The quantitative estimate of drug-likeness (QED) is 0.224. The number of hydrogen-bond donors (Lipinski definition) is 0. The van der Waals surface area contributed by atoms with Crippen LogP contribution >= 0.6 is 23.7 Å². The summed E-state index contributed by atoms with van der Waals surface area (Å²) in [4.78, 5) is 3.65. The lowest BCUT2D eigenvalue weighted by Gasteiger charge is -2.26. The number of halogens is 1. The number of fused-ring (bicyclic) bond motifs is 1. The zero-order valence-corrected chi connectivity index (χ0v) is 22.3. The Morgan fingerprint density at radius 3 is 2.33 bits per heavy atom. The van der Waals surface area contributed by atoms with Crippen LogP contribution in [0.1, 0.15) is 19.3 Å². The summed E-state index contributed by atoms with van der Waals surface area (Å²) in [5, 5.41) is 1.24. The van der Waals surface area contributed by atoms with Gasteiger partial charge in [0.2, 0.25) is 0 Å². The Morgan fingerprint density at radius 2 is 1.56 bits per heavy atom. The minimum Gasteiger partial charge on any atom is -0.493 e. The van der Waals surface area contributed by atoms with Gasteiger partial charge in [0.1, 0.15) is 12.4 Å². The standard InChI is InChI=1S/C29H31NO4S.ClH/c1-31-24-12-10-22(29-19-21-8-4-5-9-28(21)35-29)18-27(24)34-25-13-11-23(20-26(25)32-2)33-17-16-30-14-6-3-7-15-30;/h4-5,8-13,18-20H,3,6-7,14-17H2,1-2H3;1H. The molecule has 36 heavy (non-hydrogen) atoms. The number of methoxy groups -OCH3 is 2. The normalized spacial score (nSPS) is 13.7. The van der Waals surface area contributed by atoms with Crippen LogP contribution in [0.15, 0.2) is 66.7 Å². The summed E-state index contributed by atoms with van der Waals surface area (Å²) >= 11 is 1.77. The highest BCUT2D eigenvalue weighted by molar-refractivity contribution is 7.22. The van der Waals surface area contributed by atoms with Gasteiger partial charge >= 0.3 is 0 Å². The second-order valence-corrected chi connectivity index (χ2v) is 9.76. The molecule has 1 aliphatic rings. The van der Waals surface area contributed by atoms with E-state index in [0.29, 0.717) is 29.6 Å². The van der Waals surface area contributed by atoms with E-state index in [1.165, 1.54) is 47.3 Å². The predicted molar refractivity (Wildman–Crippen MR) is 150 cm³/mol. The molecule has 0 aliphatic carbocycles. The van der Waals surface area contributed by atoms with Crippen LogP contribution in [0.5, 0.6) is 28.7 Å². The smallest absolute Gasteiger partial charge is 0.170 e. The van der Waals surface area contributed by atoms with Gasteiger partial charge in [-0.05, 0) is 79.3 Å². The Morgan fingerprint density at radius 1 is 0.778 bits per heavy atom. The monoisotopic (exact) mass is 525 g/mol. The first-order valence-corrected chi connectivity index (χ1v) is 12.9. The fourth-order valence-electron chi connectivity index (χ4n) is 4.45. The van der Waals surface area contributed by atoms with Crippen LogP contribution in [0.4, 0.5) is 0 Å². The molecule has 0 spiro atoms. The molecule has 1 aliphatic heterocycles. The Kier molecular flexibility index (Phi) is 8.97. The van der Waals surface area contributed by atoms with Crippen molar-refractivity contribution in [2.24, 2.45) is 0 Å². The van der Waals surface area contributed by atoms with Gasteiger partial charge in [-0.15, -0.1) is 23.7 Å². The van der Waals surface area contributed by atoms with Gasteiger partial charge in [0, 0.05) is 22.2 Å². The lowest BCUT2D eigenvalue weighted by Crippen LogP contribution is -2.33. The van der Waals surface area contributed by atoms with Crippen molar-refractivity contribution in [3.05, 3.63) is 66.7 Å². The van der Waals surface area contributed by atoms with Crippen molar-refractivity contribution in [2.45, 2.75) is 19.3 Å². The Labute approximate surface area is 223 Å². The summed E-state index contributed by atoms with van der Waals surface area (Å²) in [5.41, 5.74) is 1.08. The minimum absolute atomic E-state index is 0. The molecule has 5 rings (SSSR count). The molecule has 0 radical (unpaired) electrons. The van der Waals surface area contributed by atoms with E-state index in [4.69, 9.17) is 18.9 Å². The molecule has 4 aromatic rings. The molecule has 7 heteroatoms. The third-order valence-corrected chi connectivity index (χ3v) is 7.52. The average Bonchev–Trinajstić information content (AvgIpc) is 3.34. The van der Waals surface area contributed by atoms with Gasteiger partial charge in [-0.1, -0.05) is 24.6 Å². The zero-order valence-electron chi connectivity index (χ0n) is 20.7. The van der Waals surface area contributed by atoms with Crippen molar-refractivity contribution < 1.29 is 18.9 Å². The molecule has 1 aromatic heterocycles. The Hall–Kier alpha value is -2.93. The number of nitrogens with zero attached hydrogens (tertiary/aromatic N) is 1. The van der Waals surface area contributed by atoms with Gasteiger partial charge in [0.25, 0.3) is 0 Å². The van der Waals surface area contributed by atoms with Crippen molar-refractivity contribution in [1.82, 2.24) is 4.90 Å². The first kappa shape index (κ1) is 26.1. The number of piperidine rings is 1. The second-order valence-electron chi connectivity index (χ2n) is 8.68. The SMILES string of the molecule is COc1cc(OCCN2CCCCC2)ccc1Oc1cc(-c2cc3ccccc3s2)ccc1OC.Cl. The van der Waals surface area contributed by atoms with E-state index in [1.807, 2.05) is 30.3 Å². The van der Waals surface area contributed by atoms with Gasteiger partial charge in [-0.25, -0.2) is 0 Å². The summed E-state index contributed by atoms with van der Waals surface area (Å²) < 4.78 is 24.8. The summed E-state index contributed by atoms with van der Waals surface area (Å²) in [6.07, 6.45) is 3.91. The lowest BCUT2D eigenvalue weighted by molar-refractivity contribution is 0.183. The average molecular weight is 526 g/mol. The zero-order chi connectivity index (χ0) is 24.0. The molecule has 0 atom stereocenters. The number of likely N-dealkylation sites (tertiary alicyclic amines) is 1. The molecule has 0 bridgehead atoms. The maximum Gasteiger partial charge on any atom is 0.170 e. The van der Waals surface area contributed by atoms with Crippen molar-refractivity contribution >= 4 is 33.8 Å². The minimum atomic E-state index is 0. The van der Waals surface area contributed by atoms with E-state index in [2.05, 4.69) is 41.3 Å². The molecule has 190 valence electrons. The molecule has 1 fully saturated rings. The third kappa shape index (κ3) is 6.06. The summed E-state index contributed by atoms with van der Waals surface area (Å²) in [5.74, 6) is 3.31. The van der Waals surface area contributed by atoms with Crippen LogP contribution in [0.2, 0.25) is 0 Å². The predicted octanol–water partition coefficient (Wildman–Crippen LogP) is 7.66. The molecule has 0 saturated carbocycles. The van der Waals surface area contributed by atoms with Crippen molar-refractivity contribution in [3.8, 4) is 39.2 Å². The van der Waals surface area contributed by atoms with Gasteiger partial charge in [0.05, 0.1) is 14.2 Å². The highest BCUT2D eigenvalue weighted by Crippen LogP contribution is 2.42. The number of thiophene rings is 1. The molecule has 2 heterocycles.